The molecule has 5 nitrogen and oxygen atoms in total. The molecule has 0 aromatic rings. The van der Waals surface area contributed by atoms with Crippen LogP contribution in [0.4, 0.5) is 0 Å². The maximum absolute atomic E-state index is 5.96. The molecule has 3 rings (SSSR count). The second-order valence-corrected chi connectivity index (χ2v) is 8.69. The highest BCUT2D eigenvalue weighted by Crippen LogP contribution is 2.45. The molecule has 1 aliphatic heterocycles. The molecule has 0 radical (unpaired) electrons. The second-order valence-electron chi connectivity index (χ2n) is 8.69. The average molecular weight is 370 g/mol. The minimum Gasteiger partial charge on any atom is -0.381 e. The number of methoxy groups -OCH3 is 4. The maximum Gasteiger partial charge on any atom is 0.110 e. The van der Waals surface area contributed by atoms with Gasteiger partial charge in [-0.2, -0.15) is 0 Å². The number of fused-ring (bicyclic) bond motifs is 1. The van der Waals surface area contributed by atoms with Gasteiger partial charge in [-0.3, -0.25) is 0 Å². The van der Waals surface area contributed by atoms with Gasteiger partial charge >= 0.3 is 0 Å². The zero-order chi connectivity index (χ0) is 18.7. The van der Waals surface area contributed by atoms with Crippen LogP contribution in [-0.2, 0) is 18.9 Å². The lowest BCUT2D eigenvalue weighted by atomic mass is 9.65. The lowest BCUT2D eigenvalue weighted by Gasteiger charge is -2.53. The molecule has 2 aliphatic carbocycles. The van der Waals surface area contributed by atoms with Gasteiger partial charge in [0.2, 0.25) is 0 Å². The van der Waals surface area contributed by atoms with Gasteiger partial charge < -0.3 is 23.8 Å². The molecule has 0 bridgehead atoms. The molecule has 0 amide bonds. The van der Waals surface area contributed by atoms with Crippen molar-refractivity contribution in [1.29, 1.82) is 0 Å². The Morgan fingerprint density at radius 1 is 0.769 bits per heavy atom. The number of nitrogens with zero attached hydrogens (tertiary/aromatic N) is 1. The summed E-state index contributed by atoms with van der Waals surface area (Å²) in [6.45, 7) is 1.16. The number of likely N-dealkylation sites (tertiary alicyclic amines) is 1. The van der Waals surface area contributed by atoms with Crippen molar-refractivity contribution in [2.24, 2.45) is 17.8 Å². The third-order valence-corrected chi connectivity index (χ3v) is 7.59. The van der Waals surface area contributed by atoms with Crippen molar-refractivity contribution in [2.45, 2.75) is 75.4 Å². The molecule has 0 spiro atoms. The summed E-state index contributed by atoms with van der Waals surface area (Å²) in [5.74, 6) is 2.04. The summed E-state index contributed by atoms with van der Waals surface area (Å²) in [5, 5.41) is 0. The van der Waals surface area contributed by atoms with Crippen molar-refractivity contribution in [3.63, 3.8) is 0 Å². The molecule has 6 atom stereocenters. The molecule has 1 heterocycles. The Bertz CT molecular complexity index is 426. The fraction of sp³-hybridized carbons (Fsp3) is 1.00. The predicted octanol–water partition coefficient (Wildman–Crippen LogP) is 2.97. The van der Waals surface area contributed by atoms with Gasteiger partial charge in [0.25, 0.3) is 0 Å². The number of piperidine rings is 1. The Kier molecular flexibility index (Phi) is 7.37. The molecule has 2 saturated carbocycles. The van der Waals surface area contributed by atoms with E-state index in [0.29, 0.717) is 24.0 Å². The van der Waals surface area contributed by atoms with Crippen molar-refractivity contribution >= 4 is 0 Å². The summed E-state index contributed by atoms with van der Waals surface area (Å²) in [5.41, 5.74) is 0. The van der Waals surface area contributed by atoms with Crippen LogP contribution in [0.5, 0.6) is 0 Å². The van der Waals surface area contributed by atoms with E-state index < -0.39 is 0 Å². The van der Waals surface area contributed by atoms with Crippen molar-refractivity contribution in [2.75, 3.05) is 42.0 Å². The smallest absolute Gasteiger partial charge is 0.110 e. The molecule has 152 valence electrons. The van der Waals surface area contributed by atoms with Crippen LogP contribution in [0.2, 0.25) is 0 Å². The van der Waals surface area contributed by atoms with Gasteiger partial charge in [-0.1, -0.05) is 0 Å². The Balaban J connectivity index is 1.71. The van der Waals surface area contributed by atoms with Crippen LogP contribution in [0.15, 0.2) is 0 Å². The number of hydrogen-bond donors (Lipinski definition) is 0. The molecular weight excluding hydrogens is 330 g/mol. The number of hydrogen-bond acceptors (Lipinski definition) is 5. The third-order valence-electron chi connectivity index (χ3n) is 7.59. The monoisotopic (exact) mass is 369 g/mol. The van der Waals surface area contributed by atoms with Crippen LogP contribution in [0.1, 0.15) is 44.9 Å². The first-order valence-electron chi connectivity index (χ1n) is 10.4. The van der Waals surface area contributed by atoms with Gasteiger partial charge in [0.1, 0.15) is 6.10 Å². The summed E-state index contributed by atoms with van der Waals surface area (Å²) in [6.07, 6.45) is 9.45. The molecule has 1 saturated heterocycles. The molecule has 3 fully saturated rings. The fourth-order valence-electron chi connectivity index (χ4n) is 6.07. The Hall–Kier alpha value is -0.200. The zero-order valence-electron chi connectivity index (χ0n) is 17.4. The highest BCUT2D eigenvalue weighted by atomic mass is 16.6. The Morgan fingerprint density at radius 3 is 2.04 bits per heavy atom. The van der Waals surface area contributed by atoms with Crippen molar-refractivity contribution in [1.82, 2.24) is 4.90 Å². The minimum absolute atomic E-state index is 0.0486. The summed E-state index contributed by atoms with van der Waals surface area (Å²) in [7, 11) is 9.62. The highest BCUT2D eigenvalue weighted by molar-refractivity contribution is 5.02. The van der Waals surface area contributed by atoms with Gasteiger partial charge in [0, 0.05) is 34.5 Å². The van der Waals surface area contributed by atoms with E-state index in [1.54, 1.807) is 7.11 Å². The molecule has 0 aromatic carbocycles. The van der Waals surface area contributed by atoms with Crippen LogP contribution in [0.25, 0.3) is 0 Å². The molecule has 0 aromatic heterocycles. The second kappa shape index (κ2) is 9.33. The van der Waals surface area contributed by atoms with Crippen LogP contribution >= 0.6 is 0 Å². The maximum atomic E-state index is 5.96. The Morgan fingerprint density at radius 2 is 1.46 bits per heavy atom. The summed E-state index contributed by atoms with van der Waals surface area (Å²) >= 11 is 0. The van der Waals surface area contributed by atoms with E-state index in [1.165, 1.54) is 38.5 Å². The van der Waals surface area contributed by atoms with Crippen LogP contribution in [-0.4, -0.2) is 77.4 Å². The van der Waals surface area contributed by atoms with Crippen molar-refractivity contribution in [3.8, 4) is 0 Å². The van der Waals surface area contributed by atoms with E-state index in [4.69, 9.17) is 18.9 Å². The number of rotatable bonds is 6. The van der Waals surface area contributed by atoms with E-state index in [9.17, 15) is 0 Å². The lowest BCUT2D eigenvalue weighted by Crippen LogP contribution is -2.60. The van der Waals surface area contributed by atoms with Crippen molar-refractivity contribution in [3.05, 3.63) is 0 Å². The standard InChI is InChI=1S/C21H39NO4/c1-22-11-10-16-17(13-19(24-3)21(26-5)20(16)25-4)18(22)12-14-6-8-15(23-2)9-7-14/h14-21H,6-13H2,1-5H3. The first-order chi connectivity index (χ1) is 12.6. The van der Waals surface area contributed by atoms with E-state index in [-0.39, 0.29) is 18.3 Å². The fourth-order valence-corrected chi connectivity index (χ4v) is 6.07. The topological polar surface area (TPSA) is 40.2 Å². The molecule has 3 aliphatic rings. The van der Waals surface area contributed by atoms with Crippen LogP contribution < -0.4 is 0 Å². The average Bonchev–Trinajstić information content (AvgIpc) is 2.68. The molecule has 5 heteroatoms. The van der Waals surface area contributed by atoms with E-state index in [1.807, 2.05) is 21.3 Å². The van der Waals surface area contributed by atoms with Gasteiger partial charge in [-0.15, -0.1) is 0 Å². The van der Waals surface area contributed by atoms with Crippen molar-refractivity contribution < 1.29 is 18.9 Å². The first-order valence-corrected chi connectivity index (χ1v) is 10.4. The molecule has 26 heavy (non-hydrogen) atoms. The van der Waals surface area contributed by atoms with Gasteiger partial charge in [-0.05, 0) is 76.3 Å². The van der Waals surface area contributed by atoms with Crippen LogP contribution in [0.3, 0.4) is 0 Å². The SMILES string of the molecule is COC1CCC(CC2C3CC(OC)C(OC)C(OC)C3CCN2C)CC1. The molecule has 0 N–H and O–H groups in total. The molecular formula is C21H39NO4. The largest absolute Gasteiger partial charge is 0.381 e. The minimum atomic E-state index is 0.0486. The Labute approximate surface area is 159 Å². The normalized spacial score (nSPS) is 44.7. The quantitative estimate of drug-likeness (QED) is 0.720. The third kappa shape index (κ3) is 4.12. The lowest BCUT2D eigenvalue weighted by molar-refractivity contribution is -0.184. The highest BCUT2D eigenvalue weighted by Gasteiger charge is 2.50. The van der Waals surface area contributed by atoms with E-state index in [0.717, 1.165) is 18.9 Å². The summed E-state index contributed by atoms with van der Waals surface area (Å²) in [6, 6.07) is 0.631. The summed E-state index contributed by atoms with van der Waals surface area (Å²) in [4.78, 5) is 2.61. The van der Waals surface area contributed by atoms with Gasteiger partial charge in [0.05, 0.1) is 18.3 Å². The van der Waals surface area contributed by atoms with E-state index in [2.05, 4.69) is 11.9 Å². The number of ether oxygens (including phenoxy) is 4. The summed E-state index contributed by atoms with van der Waals surface area (Å²) < 4.78 is 23.2. The van der Waals surface area contributed by atoms with E-state index >= 15 is 0 Å². The first kappa shape index (κ1) is 20.5. The van der Waals surface area contributed by atoms with Gasteiger partial charge in [0.15, 0.2) is 0 Å². The van der Waals surface area contributed by atoms with Crippen LogP contribution in [0, 0.1) is 17.8 Å². The molecule has 6 unspecified atom stereocenters. The predicted molar refractivity (Wildman–Crippen MR) is 102 cm³/mol. The van der Waals surface area contributed by atoms with Gasteiger partial charge in [-0.25, -0.2) is 0 Å². The zero-order valence-corrected chi connectivity index (χ0v) is 17.4.